The molecule has 0 aromatic heterocycles. The quantitative estimate of drug-likeness (QED) is 0.830. The van der Waals surface area contributed by atoms with E-state index < -0.39 is 6.10 Å². The summed E-state index contributed by atoms with van der Waals surface area (Å²) in [5.74, 6) is 1.11. The lowest BCUT2D eigenvalue weighted by Gasteiger charge is -2.16. The molecule has 0 aliphatic carbocycles. The predicted octanol–water partition coefficient (Wildman–Crippen LogP) is 1.74. The number of methoxy groups -OCH3 is 1. The number of anilines is 1. The van der Waals surface area contributed by atoms with E-state index in [0.717, 1.165) is 17.7 Å². The van der Waals surface area contributed by atoms with Crippen molar-refractivity contribution in [2.45, 2.75) is 32.5 Å². The summed E-state index contributed by atoms with van der Waals surface area (Å²) in [7, 11) is 1.45. The summed E-state index contributed by atoms with van der Waals surface area (Å²) in [6, 6.07) is 3.72. The molecule has 0 radical (unpaired) electrons. The number of ether oxygens (including phenoxy) is 3. The molecule has 1 aliphatic rings. The lowest BCUT2D eigenvalue weighted by atomic mass is 10.1. The van der Waals surface area contributed by atoms with Gasteiger partial charge < -0.3 is 25.3 Å². The number of benzene rings is 1. The van der Waals surface area contributed by atoms with Gasteiger partial charge in [-0.05, 0) is 19.9 Å². The fourth-order valence-corrected chi connectivity index (χ4v) is 2.34. The normalized spacial score (nSPS) is 17.0. The molecule has 6 nitrogen and oxygen atoms in total. The van der Waals surface area contributed by atoms with Crippen LogP contribution in [0, 0.1) is 0 Å². The number of carbonyl (C=O) groups excluding carboxylic acids is 1. The Kier molecular flexibility index (Phi) is 6.93. The van der Waals surface area contributed by atoms with Crippen LogP contribution in [0.15, 0.2) is 12.1 Å². The predicted molar refractivity (Wildman–Crippen MR) is 87.1 cm³/mol. The highest BCUT2D eigenvalue weighted by atomic mass is 35.5. The van der Waals surface area contributed by atoms with Crippen molar-refractivity contribution >= 4 is 24.0 Å². The van der Waals surface area contributed by atoms with Crippen LogP contribution >= 0.6 is 12.4 Å². The van der Waals surface area contributed by atoms with Gasteiger partial charge in [0.05, 0.1) is 12.3 Å². The maximum absolute atomic E-state index is 12.1. The van der Waals surface area contributed by atoms with Gasteiger partial charge in [-0.15, -0.1) is 12.4 Å². The molecule has 2 atom stereocenters. The van der Waals surface area contributed by atoms with E-state index >= 15 is 0 Å². The Morgan fingerprint density at radius 3 is 2.86 bits per heavy atom. The first kappa shape index (κ1) is 18.5. The van der Waals surface area contributed by atoms with E-state index in [4.69, 9.17) is 19.9 Å². The van der Waals surface area contributed by atoms with Crippen LogP contribution in [-0.4, -0.2) is 38.4 Å². The Hall–Kier alpha value is -1.50. The third-order valence-electron chi connectivity index (χ3n) is 3.35. The molecule has 1 aliphatic heterocycles. The summed E-state index contributed by atoms with van der Waals surface area (Å²) in [5, 5.41) is 2.79. The molecule has 1 amide bonds. The van der Waals surface area contributed by atoms with Gasteiger partial charge in [0, 0.05) is 31.7 Å². The number of rotatable bonds is 6. The van der Waals surface area contributed by atoms with Crippen molar-refractivity contribution in [3.63, 3.8) is 0 Å². The van der Waals surface area contributed by atoms with Gasteiger partial charge in [0.15, 0.2) is 0 Å². The van der Waals surface area contributed by atoms with Gasteiger partial charge >= 0.3 is 0 Å². The minimum Gasteiger partial charge on any atom is -0.492 e. The van der Waals surface area contributed by atoms with E-state index in [1.54, 1.807) is 6.07 Å². The molecule has 2 rings (SSSR count). The number of amides is 1. The Morgan fingerprint density at radius 1 is 1.55 bits per heavy atom. The first-order valence-electron chi connectivity index (χ1n) is 7.09. The molecular weight excluding hydrogens is 308 g/mol. The molecule has 1 aromatic carbocycles. The summed E-state index contributed by atoms with van der Waals surface area (Å²) >= 11 is 0. The van der Waals surface area contributed by atoms with Crippen LogP contribution in [0.5, 0.6) is 11.5 Å². The molecule has 0 bridgehead atoms. The van der Waals surface area contributed by atoms with Crippen molar-refractivity contribution in [3.05, 3.63) is 17.7 Å². The zero-order valence-electron chi connectivity index (χ0n) is 13.0. The molecule has 2 unspecified atom stereocenters. The van der Waals surface area contributed by atoms with Crippen molar-refractivity contribution in [2.24, 2.45) is 5.73 Å². The minimum atomic E-state index is -0.687. The van der Waals surface area contributed by atoms with Gasteiger partial charge in [0.2, 0.25) is 0 Å². The Balaban J connectivity index is 0.00000242. The van der Waals surface area contributed by atoms with E-state index in [0.29, 0.717) is 18.0 Å². The van der Waals surface area contributed by atoms with Crippen molar-refractivity contribution in [1.29, 1.82) is 0 Å². The van der Waals surface area contributed by atoms with Crippen LogP contribution in [0.1, 0.15) is 19.4 Å². The Labute approximate surface area is 136 Å². The molecule has 1 heterocycles. The van der Waals surface area contributed by atoms with Gasteiger partial charge in [-0.1, -0.05) is 0 Å². The Bertz CT molecular complexity index is 521. The second kappa shape index (κ2) is 8.22. The SMILES string of the molecule is CCOc1cc2c(cc1NC(=O)C(CN)OC)OC(C)C2.Cl. The topological polar surface area (TPSA) is 82.8 Å². The molecule has 0 spiro atoms. The van der Waals surface area contributed by atoms with Gasteiger partial charge in [-0.3, -0.25) is 4.79 Å². The number of hydrogen-bond acceptors (Lipinski definition) is 5. The zero-order chi connectivity index (χ0) is 15.4. The summed E-state index contributed by atoms with van der Waals surface area (Å²) < 4.78 is 16.3. The molecule has 0 saturated heterocycles. The number of halogens is 1. The molecular formula is C15H23ClN2O4. The number of fused-ring (bicyclic) bond motifs is 1. The highest BCUT2D eigenvalue weighted by Gasteiger charge is 2.24. The van der Waals surface area contributed by atoms with Crippen molar-refractivity contribution in [3.8, 4) is 11.5 Å². The van der Waals surface area contributed by atoms with Gasteiger partial charge in [0.25, 0.3) is 5.91 Å². The number of hydrogen-bond donors (Lipinski definition) is 2. The smallest absolute Gasteiger partial charge is 0.254 e. The molecule has 0 fully saturated rings. The second-order valence-corrected chi connectivity index (χ2v) is 4.97. The summed E-state index contributed by atoms with van der Waals surface area (Å²) in [5.41, 5.74) is 7.16. The summed E-state index contributed by atoms with van der Waals surface area (Å²) in [4.78, 5) is 12.1. The molecule has 7 heteroatoms. The van der Waals surface area contributed by atoms with Crippen LogP contribution in [0.25, 0.3) is 0 Å². The fourth-order valence-electron chi connectivity index (χ4n) is 2.34. The molecule has 124 valence electrons. The molecule has 1 aromatic rings. The van der Waals surface area contributed by atoms with Gasteiger partial charge in [-0.2, -0.15) is 0 Å². The first-order chi connectivity index (χ1) is 10.1. The van der Waals surface area contributed by atoms with E-state index in [1.165, 1.54) is 7.11 Å². The molecule has 22 heavy (non-hydrogen) atoms. The fraction of sp³-hybridized carbons (Fsp3) is 0.533. The van der Waals surface area contributed by atoms with Crippen LogP contribution in [0.3, 0.4) is 0 Å². The highest BCUT2D eigenvalue weighted by Crippen LogP contribution is 2.38. The largest absolute Gasteiger partial charge is 0.492 e. The van der Waals surface area contributed by atoms with Crippen LogP contribution in [0.2, 0.25) is 0 Å². The number of nitrogens with one attached hydrogen (secondary N) is 1. The van der Waals surface area contributed by atoms with E-state index in [9.17, 15) is 4.79 Å². The highest BCUT2D eigenvalue weighted by molar-refractivity contribution is 5.96. The monoisotopic (exact) mass is 330 g/mol. The third-order valence-corrected chi connectivity index (χ3v) is 3.35. The van der Waals surface area contributed by atoms with Crippen LogP contribution in [0.4, 0.5) is 5.69 Å². The molecule has 3 N–H and O–H groups in total. The third kappa shape index (κ3) is 4.03. The lowest BCUT2D eigenvalue weighted by molar-refractivity contribution is -0.125. The van der Waals surface area contributed by atoms with E-state index in [2.05, 4.69) is 5.32 Å². The zero-order valence-corrected chi connectivity index (χ0v) is 13.9. The summed E-state index contributed by atoms with van der Waals surface area (Å²) in [6.45, 7) is 4.54. The minimum absolute atomic E-state index is 0. The van der Waals surface area contributed by atoms with E-state index in [1.807, 2.05) is 19.9 Å². The van der Waals surface area contributed by atoms with E-state index in [-0.39, 0.29) is 31.0 Å². The number of nitrogens with two attached hydrogens (primary N) is 1. The maximum Gasteiger partial charge on any atom is 0.254 e. The Morgan fingerprint density at radius 2 is 2.27 bits per heavy atom. The second-order valence-electron chi connectivity index (χ2n) is 4.97. The number of carbonyl (C=O) groups is 1. The van der Waals surface area contributed by atoms with Crippen LogP contribution in [-0.2, 0) is 16.0 Å². The summed E-state index contributed by atoms with van der Waals surface area (Å²) in [6.07, 6.45) is 0.288. The van der Waals surface area contributed by atoms with Crippen LogP contribution < -0.4 is 20.5 Å². The maximum atomic E-state index is 12.1. The first-order valence-corrected chi connectivity index (χ1v) is 7.09. The average molecular weight is 331 g/mol. The average Bonchev–Trinajstić information content (AvgIpc) is 2.80. The van der Waals surface area contributed by atoms with Crippen molar-refractivity contribution < 1.29 is 19.0 Å². The van der Waals surface area contributed by atoms with Gasteiger partial charge in [-0.25, -0.2) is 0 Å². The van der Waals surface area contributed by atoms with Crippen molar-refractivity contribution in [1.82, 2.24) is 0 Å². The van der Waals surface area contributed by atoms with Crippen molar-refractivity contribution in [2.75, 3.05) is 25.6 Å². The molecule has 0 saturated carbocycles. The lowest BCUT2D eigenvalue weighted by Crippen LogP contribution is -2.36. The standard InChI is InChI=1S/C15H22N2O4.ClH/c1-4-20-13-6-10-5-9(2)21-12(10)7-11(13)17-15(18)14(8-16)19-3;/h6-7,9,14H,4-5,8,16H2,1-3H3,(H,17,18);1H. The van der Waals surface area contributed by atoms with Gasteiger partial charge in [0.1, 0.15) is 23.7 Å².